The molecule has 3 rings (SSSR count). The van der Waals surface area contributed by atoms with Crippen molar-refractivity contribution in [2.45, 2.75) is 30.8 Å². The van der Waals surface area contributed by atoms with Gasteiger partial charge in [0.2, 0.25) is 0 Å². The van der Waals surface area contributed by atoms with Crippen molar-refractivity contribution < 1.29 is 9.84 Å². The number of aryl methyl sites for hydroxylation is 1. The first-order chi connectivity index (χ1) is 10.2. The molecule has 2 aromatic rings. The molecule has 1 atom stereocenters. The molecule has 1 aliphatic rings. The molecule has 2 heterocycles. The quantitative estimate of drug-likeness (QED) is 0.936. The normalized spacial score (nSPS) is 19.3. The average molecular weight is 286 g/mol. The van der Waals surface area contributed by atoms with Gasteiger partial charge in [-0.25, -0.2) is 0 Å². The molecule has 112 valence electrons. The standard InChI is InChI=1S/C17H22N2O2/c1-19-13-14(12-18-19)11-16(20)17(7-9-21-10-8-17)15-5-3-2-4-6-15/h2-6,12-13,16,20H,7-11H2,1H3. The lowest BCUT2D eigenvalue weighted by molar-refractivity contribution is -0.0154. The van der Waals surface area contributed by atoms with Crippen molar-refractivity contribution in [2.75, 3.05) is 13.2 Å². The van der Waals surface area contributed by atoms with Gasteiger partial charge in [0.1, 0.15) is 0 Å². The van der Waals surface area contributed by atoms with E-state index in [-0.39, 0.29) is 5.41 Å². The number of nitrogens with zero attached hydrogens (tertiary/aromatic N) is 2. The molecule has 1 fully saturated rings. The second-order valence-electron chi connectivity index (χ2n) is 5.88. The summed E-state index contributed by atoms with van der Waals surface area (Å²) in [4.78, 5) is 0. The van der Waals surface area contributed by atoms with E-state index < -0.39 is 6.10 Å². The minimum absolute atomic E-state index is 0.213. The van der Waals surface area contributed by atoms with E-state index in [1.807, 2.05) is 37.6 Å². The number of aliphatic hydroxyl groups is 1. The number of aliphatic hydroxyl groups excluding tert-OH is 1. The van der Waals surface area contributed by atoms with Crippen molar-refractivity contribution in [3.05, 3.63) is 53.9 Å². The summed E-state index contributed by atoms with van der Waals surface area (Å²) in [7, 11) is 1.90. The van der Waals surface area contributed by atoms with Gasteiger partial charge in [0, 0.05) is 38.3 Å². The largest absolute Gasteiger partial charge is 0.392 e. The molecule has 1 saturated heterocycles. The van der Waals surface area contributed by atoms with E-state index in [9.17, 15) is 5.11 Å². The number of hydrogen-bond donors (Lipinski definition) is 1. The predicted molar refractivity (Wildman–Crippen MR) is 81.1 cm³/mol. The number of rotatable bonds is 4. The van der Waals surface area contributed by atoms with E-state index >= 15 is 0 Å². The second-order valence-corrected chi connectivity index (χ2v) is 5.88. The van der Waals surface area contributed by atoms with Crippen molar-refractivity contribution in [3.8, 4) is 0 Å². The van der Waals surface area contributed by atoms with Gasteiger partial charge in [-0.05, 0) is 24.0 Å². The van der Waals surface area contributed by atoms with Crippen LogP contribution in [-0.4, -0.2) is 34.2 Å². The van der Waals surface area contributed by atoms with Gasteiger partial charge in [0.25, 0.3) is 0 Å². The van der Waals surface area contributed by atoms with Crippen LogP contribution in [0.2, 0.25) is 0 Å². The lowest BCUT2D eigenvalue weighted by Crippen LogP contribution is -2.45. The maximum absolute atomic E-state index is 10.9. The maximum atomic E-state index is 10.9. The molecule has 0 saturated carbocycles. The Labute approximate surface area is 125 Å². The SMILES string of the molecule is Cn1cc(CC(O)C2(c3ccccc3)CCOCC2)cn1. The Morgan fingerprint density at radius 3 is 2.62 bits per heavy atom. The van der Waals surface area contributed by atoms with Gasteiger partial charge in [-0.15, -0.1) is 0 Å². The number of benzene rings is 1. The molecule has 1 N–H and O–H groups in total. The highest BCUT2D eigenvalue weighted by Crippen LogP contribution is 2.39. The Balaban J connectivity index is 1.88. The molecule has 0 aliphatic carbocycles. The molecule has 1 aromatic carbocycles. The minimum Gasteiger partial charge on any atom is -0.392 e. The first kappa shape index (κ1) is 14.3. The summed E-state index contributed by atoms with van der Waals surface area (Å²) < 4.78 is 7.30. The summed E-state index contributed by atoms with van der Waals surface area (Å²) in [6, 6.07) is 10.4. The maximum Gasteiger partial charge on any atom is 0.0679 e. The van der Waals surface area contributed by atoms with Gasteiger partial charge in [0.15, 0.2) is 0 Å². The van der Waals surface area contributed by atoms with Gasteiger partial charge >= 0.3 is 0 Å². The summed E-state index contributed by atoms with van der Waals surface area (Å²) in [5.74, 6) is 0. The Kier molecular flexibility index (Phi) is 4.08. The summed E-state index contributed by atoms with van der Waals surface area (Å²) in [5, 5.41) is 15.1. The Hall–Kier alpha value is -1.65. The zero-order valence-corrected chi connectivity index (χ0v) is 12.4. The summed E-state index contributed by atoms with van der Waals surface area (Å²) >= 11 is 0. The zero-order valence-electron chi connectivity index (χ0n) is 12.4. The zero-order chi connectivity index (χ0) is 14.7. The third kappa shape index (κ3) is 2.87. The van der Waals surface area contributed by atoms with Crippen molar-refractivity contribution in [2.24, 2.45) is 7.05 Å². The van der Waals surface area contributed by atoms with E-state index in [4.69, 9.17) is 4.74 Å². The van der Waals surface area contributed by atoms with Crippen LogP contribution in [0, 0.1) is 0 Å². The van der Waals surface area contributed by atoms with Gasteiger partial charge in [-0.1, -0.05) is 30.3 Å². The van der Waals surface area contributed by atoms with Crippen molar-refractivity contribution in [1.29, 1.82) is 0 Å². The fourth-order valence-corrected chi connectivity index (χ4v) is 3.32. The van der Waals surface area contributed by atoms with E-state index in [0.717, 1.165) is 18.4 Å². The molecule has 1 aromatic heterocycles. The fourth-order valence-electron chi connectivity index (χ4n) is 3.32. The average Bonchev–Trinajstić information content (AvgIpc) is 2.94. The second kappa shape index (κ2) is 6.00. The van der Waals surface area contributed by atoms with E-state index in [2.05, 4.69) is 17.2 Å². The highest BCUT2D eigenvalue weighted by Gasteiger charge is 2.41. The minimum atomic E-state index is -0.423. The molecule has 0 amide bonds. The molecule has 0 bridgehead atoms. The van der Waals surface area contributed by atoms with Crippen LogP contribution in [0.25, 0.3) is 0 Å². The monoisotopic (exact) mass is 286 g/mol. The first-order valence-corrected chi connectivity index (χ1v) is 7.49. The summed E-state index contributed by atoms with van der Waals surface area (Å²) in [5.41, 5.74) is 2.08. The molecular weight excluding hydrogens is 264 g/mol. The van der Waals surface area contributed by atoms with Crippen LogP contribution in [0.1, 0.15) is 24.0 Å². The molecular formula is C17H22N2O2. The lowest BCUT2D eigenvalue weighted by Gasteiger charge is -2.41. The van der Waals surface area contributed by atoms with Gasteiger partial charge in [-0.2, -0.15) is 5.10 Å². The topological polar surface area (TPSA) is 47.3 Å². The van der Waals surface area contributed by atoms with E-state index in [1.165, 1.54) is 5.56 Å². The lowest BCUT2D eigenvalue weighted by atomic mass is 9.68. The number of aromatic nitrogens is 2. The van der Waals surface area contributed by atoms with Gasteiger partial charge in [-0.3, -0.25) is 4.68 Å². The Bertz CT molecular complexity index is 573. The van der Waals surface area contributed by atoms with Crippen LogP contribution in [0.15, 0.2) is 42.7 Å². The van der Waals surface area contributed by atoms with Crippen LogP contribution < -0.4 is 0 Å². The number of ether oxygens (including phenoxy) is 1. The Morgan fingerprint density at radius 2 is 2.00 bits per heavy atom. The highest BCUT2D eigenvalue weighted by atomic mass is 16.5. The number of hydrogen-bond acceptors (Lipinski definition) is 3. The molecule has 1 aliphatic heterocycles. The third-order valence-corrected chi connectivity index (χ3v) is 4.56. The third-order valence-electron chi connectivity index (χ3n) is 4.56. The molecule has 1 unspecified atom stereocenters. The first-order valence-electron chi connectivity index (χ1n) is 7.49. The molecule has 0 radical (unpaired) electrons. The van der Waals surface area contributed by atoms with Crippen LogP contribution in [0.3, 0.4) is 0 Å². The van der Waals surface area contributed by atoms with E-state index in [0.29, 0.717) is 19.6 Å². The Morgan fingerprint density at radius 1 is 1.29 bits per heavy atom. The van der Waals surface area contributed by atoms with Crippen LogP contribution in [-0.2, 0) is 23.6 Å². The molecule has 21 heavy (non-hydrogen) atoms. The molecule has 4 nitrogen and oxygen atoms in total. The van der Waals surface area contributed by atoms with E-state index in [1.54, 1.807) is 4.68 Å². The molecule has 4 heteroatoms. The summed E-state index contributed by atoms with van der Waals surface area (Å²) in [6.45, 7) is 1.41. The van der Waals surface area contributed by atoms with Gasteiger partial charge < -0.3 is 9.84 Å². The fraction of sp³-hybridized carbons (Fsp3) is 0.471. The summed E-state index contributed by atoms with van der Waals surface area (Å²) in [6.07, 6.45) is 5.73. The van der Waals surface area contributed by atoms with Gasteiger partial charge in [0.05, 0.1) is 12.3 Å². The van der Waals surface area contributed by atoms with Crippen LogP contribution in [0.4, 0.5) is 0 Å². The van der Waals surface area contributed by atoms with Crippen LogP contribution >= 0.6 is 0 Å². The molecule has 0 spiro atoms. The van der Waals surface area contributed by atoms with Crippen LogP contribution in [0.5, 0.6) is 0 Å². The highest BCUT2D eigenvalue weighted by molar-refractivity contribution is 5.28. The van der Waals surface area contributed by atoms with Crippen molar-refractivity contribution >= 4 is 0 Å². The smallest absolute Gasteiger partial charge is 0.0679 e. The van der Waals surface area contributed by atoms with Crippen molar-refractivity contribution in [1.82, 2.24) is 9.78 Å². The van der Waals surface area contributed by atoms with Crippen molar-refractivity contribution in [3.63, 3.8) is 0 Å². The predicted octanol–water partition coefficient (Wildman–Crippen LogP) is 2.07.